The van der Waals surface area contributed by atoms with Crippen LogP contribution in [-0.4, -0.2) is 94.4 Å². The van der Waals surface area contributed by atoms with Gasteiger partial charge in [-0.05, 0) is 44.7 Å². The third kappa shape index (κ3) is 24.9. The van der Waals surface area contributed by atoms with Crippen molar-refractivity contribution in [2.45, 2.75) is 83.8 Å². The Kier molecular flexibility index (Phi) is 22.4. The van der Waals surface area contributed by atoms with Crippen molar-refractivity contribution in [1.82, 2.24) is 10.6 Å². The summed E-state index contributed by atoms with van der Waals surface area (Å²) in [6.45, 7) is 8.73. The molecule has 0 bridgehead atoms. The van der Waals surface area contributed by atoms with Crippen LogP contribution in [0.1, 0.15) is 71.6 Å². The van der Waals surface area contributed by atoms with Gasteiger partial charge in [0.15, 0.2) is 0 Å². The number of hydrogen-bond donors (Lipinski definition) is 7. The van der Waals surface area contributed by atoms with E-state index in [9.17, 15) is 10.2 Å². The van der Waals surface area contributed by atoms with Crippen molar-refractivity contribution in [3.05, 3.63) is 0 Å². The minimum absolute atomic E-state index is 0.107. The molecule has 0 aliphatic heterocycles. The SMILES string of the molecule is CCCCC(CC)COCC(O)CNCCCCCCNCC(O)COCCCS(O)(O)O. The maximum Gasteiger partial charge on any atom is 0.0897 e. The van der Waals surface area contributed by atoms with Crippen LogP contribution in [0.5, 0.6) is 0 Å². The van der Waals surface area contributed by atoms with Crippen molar-refractivity contribution in [3.63, 3.8) is 0 Å². The van der Waals surface area contributed by atoms with Crippen molar-refractivity contribution in [2.75, 3.05) is 58.4 Å². The average molecular weight is 501 g/mol. The molecule has 9 nitrogen and oxygen atoms in total. The fourth-order valence-corrected chi connectivity index (χ4v) is 3.86. The minimum atomic E-state index is -3.44. The molecule has 202 valence electrons. The molecule has 0 amide bonds. The van der Waals surface area contributed by atoms with E-state index in [1.54, 1.807) is 0 Å². The third-order valence-electron chi connectivity index (χ3n) is 5.44. The number of aliphatic hydroxyl groups is 2. The highest BCUT2D eigenvalue weighted by molar-refractivity contribution is 8.19. The summed E-state index contributed by atoms with van der Waals surface area (Å²) in [6.07, 6.45) is 8.39. The molecule has 0 aliphatic carbocycles. The van der Waals surface area contributed by atoms with Crippen LogP contribution in [0.15, 0.2) is 0 Å². The number of rotatable bonds is 25. The Hall–Kier alpha value is -0.0100. The second-order valence-electron chi connectivity index (χ2n) is 8.85. The molecule has 3 atom stereocenters. The summed E-state index contributed by atoms with van der Waals surface area (Å²) in [4.78, 5) is 0. The summed E-state index contributed by atoms with van der Waals surface area (Å²) in [5.74, 6) is 0.496. The van der Waals surface area contributed by atoms with Gasteiger partial charge >= 0.3 is 0 Å². The predicted octanol–water partition coefficient (Wildman–Crippen LogP) is 3.31. The quantitative estimate of drug-likeness (QED) is 0.0939. The summed E-state index contributed by atoms with van der Waals surface area (Å²) >= 11 is 0. The predicted molar refractivity (Wildman–Crippen MR) is 136 cm³/mol. The van der Waals surface area contributed by atoms with Gasteiger partial charge in [0.05, 0.1) is 36.3 Å². The molecular formula is C23H52N2O7S. The zero-order chi connectivity index (χ0) is 24.8. The topological polar surface area (TPSA) is 144 Å². The van der Waals surface area contributed by atoms with E-state index in [1.165, 1.54) is 19.3 Å². The lowest BCUT2D eigenvalue weighted by atomic mass is 10.0. The van der Waals surface area contributed by atoms with Crippen LogP contribution in [0.4, 0.5) is 0 Å². The summed E-state index contributed by atoms with van der Waals surface area (Å²) in [6, 6.07) is 0. The molecule has 0 spiro atoms. The first-order chi connectivity index (χ1) is 15.8. The van der Waals surface area contributed by atoms with E-state index in [2.05, 4.69) is 24.5 Å². The van der Waals surface area contributed by atoms with E-state index in [1.807, 2.05) is 0 Å². The van der Waals surface area contributed by atoms with Crippen molar-refractivity contribution >= 4 is 10.9 Å². The first kappa shape index (κ1) is 33.0. The van der Waals surface area contributed by atoms with E-state index >= 15 is 0 Å². The second kappa shape index (κ2) is 22.5. The van der Waals surface area contributed by atoms with Gasteiger partial charge in [0, 0.05) is 32.1 Å². The monoisotopic (exact) mass is 500 g/mol. The largest absolute Gasteiger partial charge is 0.389 e. The molecule has 3 unspecified atom stereocenters. The molecule has 0 radical (unpaired) electrons. The van der Waals surface area contributed by atoms with E-state index < -0.39 is 23.1 Å². The highest BCUT2D eigenvalue weighted by atomic mass is 32.3. The molecule has 0 aromatic heterocycles. The van der Waals surface area contributed by atoms with Gasteiger partial charge < -0.3 is 44.0 Å². The Morgan fingerprint density at radius 1 is 0.727 bits per heavy atom. The highest BCUT2D eigenvalue weighted by Crippen LogP contribution is 2.32. The fraction of sp³-hybridized carbons (Fsp3) is 1.00. The normalized spacial score (nSPS) is 15.5. The molecule has 0 saturated carbocycles. The van der Waals surface area contributed by atoms with Crippen molar-refractivity contribution in [1.29, 1.82) is 0 Å². The minimum Gasteiger partial charge on any atom is -0.389 e. The Morgan fingerprint density at radius 2 is 1.30 bits per heavy atom. The molecule has 0 aliphatic rings. The average Bonchev–Trinajstić information content (AvgIpc) is 2.76. The number of ether oxygens (including phenoxy) is 2. The first-order valence-electron chi connectivity index (χ1n) is 12.7. The van der Waals surface area contributed by atoms with Crippen LogP contribution >= 0.6 is 10.9 Å². The van der Waals surface area contributed by atoms with Gasteiger partial charge in [0.25, 0.3) is 0 Å². The Labute approximate surface area is 203 Å². The van der Waals surface area contributed by atoms with Crippen molar-refractivity contribution < 1.29 is 33.3 Å². The fourth-order valence-electron chi connectivity index (χ4n) is 3.35. The van der Waals surface area contributed by atoms with Gasteiger partial charge in [-0.3, -0.25) is 0 Å². The number of unbranched alkanes of at least 4 members (excludes halogenated alkanes) is 4. The van der Waals surface area contributed by atoms with Crippen LogP contribution in [0, 0.1) is 5.92 Å². The molecule has 0 heterocycles. The van der Waals surface area contributed by atoms with E-state index in [-0.39, 0.29) is 19.0 Å². The van der Waals surface area contributed by atoms with Crippen LogP contribution in [0.2, 0.25) is 0 Å². The van der Waals surface area contributed by atoms with Gasteiger partial charge in [0.1, 0.15) is 0 Å². The molecule has 0 aromatic rings. The Balaban J connectivity index is 3.38. The lowest BCUT2D eigenvalue weighted by molar-refractivity contribution is 0.0194. The van der Waals surface area contributed by atoms with E-state index in [0.717, 1.165) is 51.8 Å². The van der Waals surface area contributed by atoms with Crippen LogP contribution < -0.4 is 10.6 Å². The smallest absolute Gasteiger partial charge is 0.0897 e. The molecule has 0 fully saturated rings. The lowest BCUT2D eigenvalue weighted by Crippen LogP contribution is -2.31. The molecular weight excluding hydrogens is 448 g/mol. The second-order valence-corrected chi connectivity index (χ2v) is 10.5. The highest BCUT2D eigenvalue weighted by Gasteiger charge is 2.11. The van der Waals surface area contributed by atoms with Crippen LogP contribution in [-0.2, 0) is 9.47 Å². The summed E-state index contributed by atoms with van der Waals surface area (Å²) in [5, 5.41) is 26.3. The standard InChI is InChI=1S/C23H52N2O7S/c1-3-5-11-21(4-2)18-32-20-23(27)17-25-13-9-7-6-8-12-24-16-22(26)19-31-14-10-15-33(28,29)30/h21-30H,3-20H2,1-2H3. The third-order valence-corrected chi connectivity index (χ3v) is 6.28. The van der Waals surface area contributed by atoms with Gasteiger partial charge in [-0.1, -0.05) is 46.0 Å². The van der Waals surface area contributed by atoms with Gasteiger partial charge in [0.2, 0.25) is 0 Å². The van der Waals surface area contributed by atoms with Gasteiger partial charge in [-0.2, -0.15) is 0 Å². The number of aliphatic hydroxyl groups excluding tert-OH is 2. The Morgan fingerprint density at radius 3 is 1.82 bits per heavy atom. The number of hydrogen-bond acceptors (Lipinski definition) is 9. The van der Waals surface area contributed by atoms with Gasteiger partial charge in [-0.25, -0.2) is 0 Å². The molecule has 7 N–H and O–H groups in total. The van der Waals surface area contributed by atoms with E-state index in [4.69, 9.17) is 23.1 Å². The molecule has 0 saturated heterocycles. The van der Waals surface area contributed by atoms with Crippen molar-refractivity contribution in [3.8, 4) is 0 Å². The van der Waals surface area contributed by atoms with Crippen LogP contribution in [0.3, 0.4) is 0 Å². The summed E-state index contributed by atoms with van der Waals surface area (Å²) in [7, 11) is -3.44. The molecule has 0 rings (SSSR count). The molecule has 10 heteroatoms. The van der Waals surface area contributed by atoms with Crippen LogP contribution in [0.25, 0.3) is 0 Å². The summed E-state index contributed by atoms with van der Waals surface area (Å²) in [5.41, 5.74) is 0. The Bertz CT molecular complexity index is 417. The zero-order valence-electron chi connectivity index (χ0n) is 20.9. The molecule has 0 aromatic carbocycles. The number of nitrogens with one attached hydrogen (secondary N) is 2. The lowest BCUT2D eigenvalue weighted by Gasteiger charge is -2.18. The molecule has 33 heavy (non-hydrogen) atoms. The maximum absolute atomic E-state index is 10.0. The maximum atomic E-state index is 10.0. The first-order valence-corrected chi connectivity index (χ1v) is 14.4. The zero-order valence-corrected chi connectivity index (χ0v) is 21.7. The van der Waals surface area contributed by atoms with Crippen molar-refractivity contribution in [2.24, 2.45) is 5.92 Å². The summed E-state index contributed by atoms with van der Waals surface area (Å²) < 4.78 is 37.4. The van der Waals surface area contributed by atoms with E-state index in [0.29, 0.717) is 32.0 Å². The van der Waals surface area contributed by atoms with Gasteiger partial charge in [-0.15, -0.1) is 0 Å².